The van der Waals surface area contributed by atoms with Gasteiger partial charge in [0, 0.05) is 6.42 Å². The van der Waals surface area contributed by atoms with Gasteiger partial charge in [0.2, 0.25) is 17.5 Å². The second-order valence-corrected chi connectivity index (χ2v) is 2.88. The van der Waals surface area contributed by atoms with Gasteiger partial charge in [0.25, 0.3) is 0 Å². The van der Waals surface area contributed by atoms with E-state index in [1.165, 1.54) is 0 Å². The van der Waals surface area contributed by atoms with Crippen molar-refractivity contribution < 1.29 is 24.2 Å². The molecule has 0 aromatic heterocycles. The minimum Gasteiger partial charge on any atom is -0.382 e. The van der Waals surface area contributed by atoms with Crippen LogP contribution in [0.25, 0.3) is 0 Å². The second-order valence-electron chi connectivity index (χ2n) is 2.88. The fourth-order valence-electron chi connectivity index (χ4n) is 0.988. The Bertz CT molecular complexity index is 275. The molecule has 1 saturated heterocycles. The maximum atomic E-state index is 11.1. The first-order chi connectivity index (χ1) is 6.56. The van der Waals surface area contributed by atoms with E-state index in [0.29, 0.717) is 0 Å². The summed E-state index contributed by atoms with van der Waals surface area (Å²) in [6.07, 6.45) is -2.44. The maximum absolute atomic E-state index is 11.1. The fourth-order valence-corrected chi connectivity index (χ4v) is 0.988. The molecule has 1 aliphatic heterocycles. The number of hydrogen-bond donors (Lipinski definition) is 2. The Morgan fingerprint density at radius 3 is 2.79 bits per heavy atom. The highest BCUT2D eigenvalue weighted by atomic mass is 16.5. The zero-order valence-electron chi connectivity index (χ0n) is 7.65. The SMILES string of the molecule is CCC(=O)NC1OCC(O)C(=O)C1=O. The van der Waals surface area contributed by atoms with Gasteiger partial charge in [0.05, 0.1) is 6.61 Å². The summed E-state index contributed by atoms with van der Waals surface area (Å²) in [6, 6.07) is 0. The number of amides is 1. The van der Waals surface area contributed by atoms with Crippen LogP contribution in [0.3, 0.4) is 0 Å². The molecule has 1 amide bonds. The van der Waals surface area contributed by atoms with Gasteiger partial charge in [-0.05, 0) is 0 Å². The summed E-state index contributed by atoms with van der Waals surface area (Å²) in [5.74, 6) is -2.21. The molecule has 1 aliphatic rings. The molecule has 0 bridgehead atoms. The lowest BCUT2D eigenvalue weighted by atomic mass is 10.1. The summed E-state index contributed by atoms with van der Waals surface area (Å²) in [6.45, 7) is 1.35. The molecule has 0 aliphatic carbocycles. The molecule has 0 aromatic carbocycles. The molecule has 0 spiro atoms. The van der Waals surface area contributed by atoms with Crippen LogP contribution in [0.5, 0.6) is 0 Å². The van der Waals surface area contributed by atoms with Crippen LogP contribution in [-0.2, 0) is 19.1 Å². The summed E-state index contributed by atoms with van der Waals surface area (Å²) in [4.78, 5) is 33.0. The Balaban J connectivity index is 2.60. The first-order valence-corrected chi connectivity index (χ1v) is 4.23. The third-order valence-electron chi connectivity index (χ3n) is 1.82. The van der Waals surface area contributed by atoms with Gasteiger partial charge in [-0.25, -0.2) is 0 Å². The molecule has 6 nitrogen and oxygen atoms in total. The van der Waals surface area contributed by atoms with Crippen LogP contribution >= 0.6 is 0 Å². The summed E-state index contributed by atoms with van der Waals surface area (Å²) in [7, 11) is 0. The van der Waals surface area contributed by atoms with Crippen molar-refractivity contribution in [2.24, 2.45) is 0 Å². The summed E-state index contributed by atoms with van der Waals surface area (Å²) >= 11 is 0. The summed E-state index contributed by atoms with van der Waals surface area (Å²) in [5, 5.41) is 11.2. The molecular formula is C8H11NO5. The van der Waals surface area contributed by atoms with Crippen molar-refractivity contribution in [2.75, 3.05) is 6.61 Å². The van der Waals surface area contributed by atoms with Crippen LogP contribution in [0, 0.1) is 0 Å². The van der Waals surface area contributed by atoms with Gasteiger partial charge >= 0.3 is 0 Å². The van der Waals surface area contributed by atoms with Crippen LogP contribution in [-0.4, -0.2) is 41.5 Å². The quantitative estimate of drug-likeness (QED) is 0.523. The zero-order valence-corrected chi connectivity index (χ0v) is 7.65. The molecular weight excluding hydrogens is 190 g/mol. The van der Waals surface area contributed by atoms with Gasteiger partial charge in [-0.15, -0.1) is 0 Å². The van der Waals surface area contributed by atoms with Crippen molar-refractivity contribution in [3.8, 4) is 0 Å². The molecule has 1 heterocycles. The summed E-state index contributed by atoms with van der Waals surface area (Å²) < 4.78 is 4.79. The highest BCUT2D eigenvalue weighted by molar-refractivity contribution is 6.41. The Hall–Kier alpha value is -1.27. The van der Waals surface area contributed by atoms with Crippen molar-refractivity contribution in [3.63, 3.8) is 0 Å². The Morgan fingerprint density at radius 1 is 1.57 bits per heavy atom. The molecule has 6 heteroatoms. The third-order valence-corrected chi connectivity index (χ3v) is 1.82. The molecule has 78 valence electrons. The molecule has 0 radical (unpaired) electrons. The normalized spacial score (nSPS) is 27.6. The van der Waals surface area contributed by atoms with Crippen LogP contribution in [0.15, 0.2) is 0 Å². The Morgan fingerprint density at radius 2 is 2.21 bits per heavy atom. The van der Waals surface area contributed by atoms with Crippen LogP contribution in [0.4, 0.5) is 0 Å². The van der Waals surface area contributed by atoms with E-state index in [-0.39, 0.29) is 18.9 Å². The van der Waals surface area contributed by atoms with Gasteiger partial charge in [-0.3, -0.25) is 14.4 Å². The lowest BCUT2D eigenvalue weighted by molar-refractivity contribution is -0.162. The first kappa shape index (κ1) is 10.8. The van der Waals surface area contributed by atoms with E-state index < -0.39 is 23.9 Å². The fraction of sp³-hybridized carbons (Fsp3) is 0.625. The Labute approximate surface area is 80.2 Å². The van der Waals surface area contributed by atoms with E-state index in [9.17, 15) is 14.4 Å². The molecule has 14 heavy (non-hydrogen) atoms. The van der Waals surface area contributed by atoms with Gasteiger partial charge in [0.1, 0.15) is 6.10 Å². The van der Waals surface area contributed by atoms with Gasteiger partial charge in [-0.1, -0.05) is 6.92 Å². The number of aliphatic hydroxyl groups is 1. The van der Waals surface area contributed by atoms with Crippen molar-refractivity contribution in [2.45, 2.75) is 25.7 Å². The number of rotatable bonds is 2. The topological polar surface area (TPSA) is 92.7 Å². The lowest BCUT2D eigenvalue weighted by Gasteiger charge is -2.24. The number of ketones is 2. The minimum absolute atomic E-state index is 0.198. The van der Waals surface area contributed by atoms with Crippen molar-refractivity contribution >= 4 is 17.5 Å². The maximum Gasteiger partial charge on any atom is 0.250 e. The average Bonchev–Trinajstić information content (AvgIpc) is 2.19. The van der Waals surface area contributed by atoms with E-state index in [2.05, 4.69) is 5.32 Å². The Kier molecular flexibility index (Phi) is 3.32. The monoisotopic (exact) mass is 201 g/mol. The predicted octanol–water partition coefficient (Wildman–Crippen LogP) is -1.63. The molecule has 1 fully saturated rings. The van der Waals surface area contributed by atoms with E-state index >= 15 is 0 Å². The molecule has 1 rings (SSSR count). The first-order valence-electron chi connectivity index (χ1n) is 4.23. The highest BCUT2D eigenvalue weighted by Gasteiger charge is 2.37. The number of nitrogens with one attached hydrogen (secondary N) is 1. The van der Waals surface area contributed by atoms with Crippen molar-refractivity contribution in [3.05, 3.63) is 0 Å². The molecule has 2 atom stereocenters. The number of carbonyl (C=O) groups is 3. The molecule has 0 saturated carbocycles. The number of Topliss-reactive ketones (excluding diaryl/α,β-unsaturated/α-hetero) is 2. The van der Waals surface area contributed by atoms with Crippen LogP contribution < -0.4 is 5.32 Å². The van der Waals surface area contributed by atoms with Crippen LogP contribution in [0.1, 0.15) is 13.3 Å². The smallest absolute Gasteiger partial charge is 0.250 e. The van der Waals surface area contributed by atoms with Gasteiger partial charge < -0.3 is 15.2 Å². The number of aliphatic hydroxyl groups excluding tert-OH is 1. The average molecular weight is 201 g/mol. The molecule has 2 N–H and O–H groups in total. The highest BCUT2D eigenvalue weighted by Crippen LogP contribution is 2.04. The van der Waals surface area contributed by atoms with E-state index in [1.807, 2.05) is 0 Å². The lowest BCUT2D eigenvalue weighted by Crippen LogP contribution is -2.54. The number of carbonyl (C=O) groups excluding carboxylic acids is 3. The van der Waals surface area contributed by atoms with E-state index in [0.717, 1.165) is 0 Å². The van der Waals surface area contributed by atoms with E-state index in [4.69, 9.17) is 9.84 Å². The minimum atomic E-state index is -1.41. The number of ether oxygens (including phenoxy) is 1. The van der Waals surface area contributed by atoms with Crippen LogP contribution in [0.2, 0.25) is 0 Å². The summed E-state index contributed by atoms with van der Waals surface area (Å²) in [5.41, 5.74) is 0. The van der Waals surface area contributed by atoms with E-state index in [1.54, 1.807) is 6.92 Å². The number of hydrogen-bond acceptors (Lipinski definition) is 5. The largest absolute Gasteiger partial charge is 0.382 e. The third kappa shape index (κ3) is 2.15. The van der Waals surface area contributed by atoms with Gasteiger partial charge in [0.15, 0.2) is 6.23 Å². The second kappa shape index (κ2) is 4.30. The van der Waals surface area contributed by atoms with Crippen molar-refractivity contribution in [1.29, 1.82) is 0 Å². The zero-order chi connectivity index (χ0) is 10.7. The standard InChI is InChI=1S/C8H11NO5/c1-2-5(11)9-8-7(13)6(12)4(10)3-14-8/h4,8,10H,2-3H2,1H3,(H,9,11). The molecule has 0 aromatic rings. The van der Waals surface area contributed by atoms with Gasteiger partial charge in [-0.2, -0.15) is 0 Å². The van der Waals surface area contributed by atoms with Crippen molar-refractivity contribution in [1.82, 2.24) is 5.32 Å². The molecule has 2 unspecified atom stereocenters. The predicted molar refractivity (Wildman–Crippen MR) is 44.2 cm³/mol.